The van der Waals surface area contributed by atoms with Crippen molar-refractivity contribution in [2.75, 3.05) is 38.5 Å². The van der Waals surface area contributed by atoms with Crippen molar-refractivity contribution in [3.8, 4) is 22.8 Å². The van der Waals surface area contributed by atoms with Crippen molar-refractivity contribution in [2.24, 2.45) is 0 Å². The maximum Gasteiger partial charge on any atom is 0.433 e. The lowest BCUT2D eigenvalue weighted by Crippen LogP contribution is -2.19. The van der Waals surface area contributed by atoms with Gasteiger partial charge in [0.15, 0.2) is 11.5 Å². The molecule has 0 saturated carbocycles. The fourth-order valence-corrected chi connectivity index (χ4v) is 6.35. The maximum absolute atomic E-state index is 13.7. The normalized spacial score (nSPS) is 11.6. The summed E-state index contributed by atoms with van der Waals surface area (Å²) in [4.78, 5) is 45.2. The number of anilines is 1. The second kappa shape index (κ2) is 15.4. The number of rotatable bonds is 14. The van der Waals surface area contributed by atoms with Crippen LogP contribution in [0.15, 0.2) is 29.4 Å². The van der Waals surface area contributed by atoms with Crippen LogP contribution in [0.25, 0.3) is 11.3 Å². The zero-order chi connectivity index (χ0) is 34.2. The topological polar surface area (TPSA) is 160 Å². The molecule has 0 aliphatic heterocycles. The molecule has 0 bridgehead atoms. The largest absolute Gasteiger partial charge is 0.493 e. The quantitative estimate of drug-likeness (QED) is 0.169. The smallest absolute Gasteiger partial charge is 0.433 e. The highest BCUT2D eigenvalue weighted by atomic mass is 32.2. The number of nitrogens with one attached hydrogen (secondary N) is 1. The van der Waals surface area contributed by atoms with Gasteiger partial charge in [0.1, 0.15) is 15.6 Å². The number of amides is 1. The van der Waals surface area contributed by atoms with Gasteiger partial charge in [-0.05, 0) is 56.5 Å². The molecule has 250 valence electrons. The Hall–Kier alpha value is -4.25. The van der Waals surface area contributed by atoms with E-state index in [4.69, 9.17) is 18.9 Å². The molecule has 0 unspecified atom stereocenters. The van der Waals surface area contributed by atoms with E-state index in [0.717, 1.165) is 11.3 Å². The Bertz CT molecular complexity index is 1710. The molecule has 3 aromatic rings. The third-order valence-corrected chi connectivity index (χ3v) is 9.02. The molecule has 2 aromatic heterocycles. The number of carbonyl (C=O) groups is 3. The fourth-order valence-electron chi connectivity index (χ4n) is 4.06. The van der Waals surface area contributed by atoms with Crippen LogP contribution in [0.1, 0.15) is 64.4 Å². The molecule has 17 heteroatoms. The molecule has 1 N–H and O–H groups in total. The number of hydrogen-bond acceptors (Lipinski definition) is 12. The van der Waals surface area contributed by atoms with Gasteiger partial charge >= 0.3 is 18.1 Å². The number of carbonyl (C=O) groups excluding carboxylic acids is 3. The van der Waals surface area contributed by atoms with Crippen LogP contribution in [-0.4, -0.2) is 69.4 Å². The van der Waals surface area contributed by atoms with Gasteiger partial charge in [-0.15, -0.1) is 11.3 Å². The third kappa shape index (κ3) is 8.72. The molecule has 0 fully saturated rings. The zero-order valence-electron chi connectivity index (χ0n) is 25.6. The lowest BCUT2D eigenvalue weighted by atomic mass is 10.1. The molecule has 0 saturated heterocycles. The van der Waals surface area contributed by atoms with Gasteiger partial charge in [0.2, 0.25) is 20.9 Å². The van der Waals surface area contributed by atoms with E-state index >= 15 is 0 Å². The molecule has 0 spiro atoms. The number of methoxy groups -OCH3 is 2. The highest BCUT2D eigenvalue weighted by molar-refractivity contribution is 7.91. The minimum Gasteiger partial charge on any atom is -0.493 e. The molecule has 0 radical (unpaired) electrons. The molecule has 1 aromatic carbocycles. The average molecular weight is 688 g/mol. The van der Waals surface area contributed by atoms with E-state index in [2.05, 4.69) is 15.3 Å². The van der Waals surface area contributed by atoms with Crippen LogP contribution in [0, 0.1) is 6.92 Å². The summed E-state index contributed by atoms with van der Waals surface area (Å²) >= 11 is 0.799. The highest BCUT2D eigenvalue weighted by Gasteiger charge is 2.35. The molecule has 46 heavy (non-hydrogen) atoms. The first-order valence-electron chi connectivity index (χ1n) is 13.9. The lowest BCUT2D eigenvalue weighted by Gasteiger charge is -2.13. The van der Waals surface area contributed by atoms with Crippen molar-refractivity contribution in [3.05, 3.63) is 46.0 Å². The molecule has 2 heterocycles. The summed E-state index contributed by atoms with van der Waals surface area (Å²) in [7, 11) is -1.81. The van der Waals surface area contributed by atoms with Crippen molar-refractivity contribution in [1.82, 2.24) is 9.97 Å². The first-order chi connectivity index (χ1) is 21.7. The van der Waals surface area contributed by atoms with Gasteiger partial charge in [-0.25, -0.2) is 28.0 Å². The number of thiophene rings is 1. The number of nitrogens with zero attached hydrogens (tertiary/aromatic N) is 2. The standard InChI is InChI=1S/C29H32F3N3O9S2/c1-6-12-44-26(37)23-16(3)24(27(38)43-7-2)45-25(23)35-22(36)9-8-13-46(39,40)28-33-18(15-21(34-28)29(30,31)32)17-10-11-19(41-4)20(14-17)42-5/h10-11,14-15H,6-9,12-13H2,1-5H3,(H,35,36). The molecule has 0 aliphatic rings. The Balaban J connectivity index is 1.83. The summed E-state index contributed by atoms with van der Waals surface area (Å²) in [5.41, 5.74) is -1.48. The van der Waals surface area contributed by atoms with Gasteiger partial charge in [0.25, 0.3) is 0 Å². The molecule has 12 nitrogen and oxygen atoms in total. The summed E-state index contributed by atoms with van der Waals surface area (Å²) in [6.07, 6.45) is -5.20. The van der Waals surface area contributed by atoms with Gasteiger partial charge < -0.3 is 24.3 Å². The lowest BCUT2D eigenvalue weighted by molar-refractivity contribution is -0.141. The number of ether oxygens (including phenoxy) is 4. The fraction of sp³-hybridized carbons (Fsp3) is 0.414. The van der Waals surface area contributed by atoms with Crippen molar-refractivity contribution < 1.29 is 54.9 Å². The first kappa shape index (κ1) is 36.2. The van der Waals surface area contributed by atoms with Crippen LogP contribution in [0.4, 0.5) is 18.2 Å². The average Bonchev–Trinajstić information content (AvgIpc) is 3.33. The number of hydrogen-bond donors (Lipinski definition) is 1. The van der Waals surface area contributed by atoms with Gasteiger partial charge in [-0.1, -0.05) is 6.92 Å². The Morgan fingerprint density at radius 3 is 2.28 bits per heavy atom. The number of aromatic nitrogens is 2. The summed E-state index contributed by atoms with van der Waals surface area (Å²) in [5, 5.41) is 1.45. The molecule has 1 amide bonds. The van der Waals surface area contributed by atoms with Gasteiger partial charge in [0, 0.05) is 12.0 Å². The number of alkyl halides is 3. The predicted molar refractivity (Wildman–Crippen MR) is 161 cm³/mol. The van der Waals surface area contributed by atoms with Crippen LogP contribution in [0.2, 0.25) is 0 Å². The van der Waals surface area contributed by atoms with Crippen LogP contribution >= 0.6 is 11.3 Å². The Kier molecular flexibility index (Phi) is 12.1. The van der Waals surface area contributed by atoms with E-state index in [1.807, 2.05) is 0 Å². The maximum atomic E-state index is 13.7. The van der Waals surface area contributed by atoms with Crippen molar-refractivity contribution >= 4 is 44.0 Å². The number of benzene rings is 1. The SMILES string of the molecule is CCCOC(=O)c1c(NC(=O)CCCS(=O)(=O)c2nc(-c3ccc(OC)c(OC)c3)cc(C(F)(F)F)n2)sc(C(=O)OCC)c1C. The van der Waals surface area contributed by atoms with E-state index in [0.29, 0.717) is 18.2 Å². The van der Waals surface area contributed by atoms with Crippen molar-refractivity contribution in [2.45, 2.75) is 51.4 Å². The molecule has 0 atom stereocenters. The Morgan fingerprint density at radius 1 is 0.978 bits per heavy atom. The summed E-state index contributed by atoms with van der Waals surface area (Å²) in [6, 6.07) is 4.77. The minimum atomic E-state index is -4.99. The van der Waals surface area contributed by atoms with Crippen LogP contribution in [-0.2, 0) is 30.3 Å². The molecule has 0 aliphatic carbocycles. The number of halogens is 3. The van der Waals surface area contributed by atoms with E-state index in [9.17, 15) is 36.0 Å². The molecule has 3 rings (SSSR count). The highest BCUT2D eigenvalue weighted by Crippen LogP contribution is 2.36. The second-order valence-electron chi connectivity index (χ2n) is 9.58. The Morgan fingerprint density at radius 2 is 1.67 bits per heavy atom. The van der Waals surface area contributed by atoms with E-state index in [1.165, 1.54) is 39.3 Å². The van der Waals surface area contributed by atoms with E-state index in [-0.39, 0.29) is 57.6 Å². The predicted octanol–water partition coefficient (Wildman–Crippen LogP) is 5.49. The molecular weight excluding hydrogens is 655 g/mol. The summed E-state index contributed by atoms with van der Waals surface area (Å²) in [5.74, 6) is -2.48. The van der Waals surface area contributed by atoms with Crippen LogP contribution < -0.4 is 14.8 Å². The van der Waals surface area contributed by atoms with E-state index in [1.54, 1.807) is 13.8 Å². The van der Waals surface area contributed by atoms with Gasteiger partial charge in [-0.2, -0.15) is 13.2 Å². The van der Waals surface area contributed by atoms with Crippen LogP contribution in [0.5, 0.6) is 11.5 Å². The van der Waals surface area contributed by atoms with Crippen molar-refractivity contribution in [3.63, 3.8) is 0 Å². The second-order valence-corrected chi connectivity index (χ2v) is 12.6. The number of sulfone groups is 1. The van der Waals surface area contributed by atoms with Gasteiger partial charge in [0.05, 0.1) is 44.4 Å². The number of esters is 2. The monoisotopic (exact) mass is 687 g/mol. The molecular formula is C29H32F3N3O9S2. The van der Waals surface area contributed by atoms with Crippen molar-refractivity contribution in [1.29, 1.82) is 0 Å². The minimum absolute atomic E-state index is 0.00952. The zero-order valence-corrected chi connectivity index (χ0v) is 27.2. The third-order valence-electron chi connectivity index (χ3n) is 6.27. The summed E-state index contributed by atoms with van der Waals surface area (Å²) < 4.78 is 87.9. The van der Waals surface area contributed by atoms with E-state index < -0.39 is 56.9 Å². The van der Waals surface area contributed by atoms with Gasteiger partial charge in [-0.3, -0.25) is 4.79 Å². The first-order valence-corrected chi connectivity index (χ1v) is 16.3. The Labute approximate surface area is 267 Å². The summed E-state index contributed by atoms with van der Waals surface area (Å²) in [6.45, 7) is 5.07. The van der Waals surface area contributed by atoms with Crippen LogP contribution in [0.3, 0.4) is 0 Å².